The molecule has 2 aromatic heterocycles. The molecule has 8 nitrogen and oxygen atoms in total. The van der Waals surface area contributed by atoms with Crippen LogP contribution < -0.4 is 10.1 Å². The number of carbonyl (C=O) groups excluding carboxylic acids is 1. The van der Waals surface area contributed by atoms with Gasteiger partial charge >= 0.3 is 0 Å². The van der Waals surface area contributed by atoms with Crippen LogP contribution in [0, 0.1) is 6.92 Å². The van der Waals surface area contributed by atoms with Crippen molar-refractivity contribution in [3.63, 3.8) is 0 Å². The van der Waals surface area contributed by atoms with E-state index in [1.165, 1.54) is 11.8 Å². The van der Waals surface area contributed by atoms with Crippen LogP contribution in [0.1, 0.15) is 11.1 Å². The van der Waals surface area contributed by atoms with Gasteiger partial charge in [0.2, 0.25) is 0 Å². The van der Waals surface area contributed by atoms with Crippen LogP contribution in [0.3, 0.4) is 0 Å². The average Bonchev–Trinajstić information content (AvgIpc) is 3.39. The van der Waals surface area contributed by atoms with Gasteiger partial charge in [-0.05, 0) is 60.7 Å². The molecule has 0 bridgehead atoms. The van der Waals surface area contributed by atoms with Crippen LogP contribution >= 0.6 is 11.8 Å². The van der Waals surface area contributed by atoms with E-state index in [1.54, 1.807) is 6.20 Å². The Labute approximate surface area is 196 Å². The number of benzene rings is 1. The number of rotatable bonds is 6. The molecule has 1 amide bonds. The van der Waals surface area contributed by atoms with E-state index in [4.69, 9.17) is 9.47 Å². The van der Waals surface area contributed by atoms with Crippen LogP contribution in [0.15, 0.2) is 52.6 Å². The van der Waals surface area contributed by atoms with Gasteiger partial charge in [0, 0.05) is 43.0 Å². The molecule has 1 aromatic carbocycles. The van der Waals surface area contributed by atoms with Crippen LogP contribution in [0.25, 0.3) is 17.1 Å². The number of aromatic nitrogens is 2. The molecule has 0 saturated carbocycles. The van der Waals surface area contributed by atoms with Gasteiger partial charge in [-0.3, -0.25) is 9.69 Å². The van der Waals surface area contributed by atoms with Crippen LogP contribution in [-0.2, 0) is 9.53 Å². The van der Waals surface area contributed by atoms with Crippen LogP contribution in [0.5, 0.6) is 5.75 Å². The number of nitrogens with one attached hydrogen (secondary N) is 2. The number of nitrogens with zero attached hydrogens (tertiary/aromatic N) is 3. The quantitative estimate of drug-likeness (QED) is 0.544. The Hall–Kier alpha value is -3.14. The predicted octanol–water partition coefficient (Wildman–Crippen LogP) is 3.47. The maximum absolute atomic E-state index is 12.5. The van der Waals surface area contributed by atoms with E-state index in [1.807, 2.05) is 49.5 Å². The molecular formula is C24H25N5O3S. The number of carbonyl (C=O) groups is 1. The maximum atomic E-state index is 12.5. The largest absolute Gasteiger partial charge is 0.492 e. The Bertz CT molecular complexity index is 1230. The van der Waals surface area contributed by atoms with Gasteiger partial charge < -0.3 is 19.8 Å². The van der Waals surface area contributed by atoms with Crippen molar-refractivity contribution in [1.82, 2.24) is 20.2 Å². The monoisotopic (exact) mass is 463 g/mol. The summed E-state index contributed by atoms with van der Waals surface area (Å²) in [4.78, 5) is 27.5. The summed E-state index contributed by atoms with van der Waals surface area (Å²) in [6.07, 6.45) is 5.46. The lowest BCUT2D eigenvalue weighted by Gasteiger charge is -2.26. The summed E-state index contributed by atoms with van der Waals surface area (Å²) in [5.41, 5.74) is 3.51. The minimum Gasteiger partial charge on any atom is -0.492 e. The Morgan fingerprint density at radius 1 is 1.30 bits per heavy atom. The zero-order valence-corrected chi connectivity index (χ0v) is 19.2. The topological polar surface area (TPSA) is 91.8 Å². The van der Waals surface area contributed by atoms with Crippen molar-refractivity contribution in [3.8, 4) is 5.75 Å². The Kier molecular flexibility index (Phi) is 6.43. The second-order valence-electron chi connectivity index (χ2n) is 7.88. The summed E-state index contributed by atoms with van der Waals surface area (Å²) in [5, 5.41) is 4.40. The standard InChI is InChI=1S/C24H25N5O3S/c1-16-13-18(32-12-9-29-7-10-31-11-8-29)4-5-20(16)27-24-28-23(30)21(33-24)14-17-15-26-22-19(17)3-2-6-25-22/h2-6,13-15H,7-12H2,1H3,(H,25,26)(H,27,28,30). The number of amidine groups is 1. The van der Waals surface area contributed by atoms with Gasteiger partial charge in [0.15, 0.2) is 5.17 Å². The number of aromatic amines is 1. The molecule has 33 heavy (non-hydrogen) atoms. The van der Waals surface area contributed by atoms with E-state index in [-0.39, 0.29) is 5.91 Å². The van der Waals surface area contributed by atoms with Crippen LogP contribution in [0.2, 0.25) is 0 Å². The lowest BCUT2D eigenvalue weighted by Crippen LogP contribution is -2.38. The number of ether oxygens (including phenoxy) is 2. The minimum atomic E-state index is -0.155. The molecule has 170 valence electrons. The number of H-pyrrole nitrogens is 1. The van der Waals surface area contributed by atoms with E-state index < -0.39 is 0 Å². The Balaban J connectivity index is 1.24. The first-order valence-corrected chi connectivity index (χ1v) is 11.7. The summed E-state index contributed by atoms with van der Waals surface area (Å²) < 4.78 is 11.3. The molecule has 0 spiro atoms. The van der Waals surface area contributed by atoms with Crippen molar-refractivity contribution >= 4 is 45.6 Å². The molecule has 2 N–H and O–H groups in total. The van der Waals surface area contributed by atoms with E-state index in [0.29, 0.717) is 16.7 Å². The fourth-order valence-electron chi connectivity index (χ4n) is 3.79. The molecule has 0 unspecified atom stereocenters. The SMILES string of the molecule is Cc1cc(OCCN2CCOCC2)ccc1N=C1NC(=O)C(=Cc2c[nH]c3ncccc23)S1. The van der Waals surface area contributed by atoms with E-state index >= 15 is 0 Å². The number of amides is 1. The maximum Gasteiger partial charge on any atom is 0.264 e. The lowest BCUT2D eigenvalue weighted by molar-refractivity contribution is -0.115. The highest BCUT2D eigenvalue weighted by Crippen LogP contribution is 2.31. The van der Waals surface area contributed by atoms with E-state index in [0.717, 1.165) is 66.4 Å². The number of hydrogen-bond donors (Lipinski definition) is 2. The molecule has 2 saturated heterocycles. The van der Waals surface area contributed by atoms with Gasteiger partial charge in [0.25, 0.3) is 5.91 Å². The molecule has 0 atom stereocenters. The smallest absolute Gasteiger partial charge is 0.264 e. The van der Waals surface area contributed by atoms with Crippen molar-refractivity contribution < 1.29 is 14.3 Å². The number of aryl methyl sites for hydroxylation is 1. The van der Waals surface area contributed by atoms with Gasteiger partial charge in [0.05, 0.1) is 23.8 Å². The van der Waals surface area contributed by atoms with Crippen molar-refractivity contribution in [3.05, 3.63) is 58.8 Å². The zero-order chi connectivity index (χ0) is 22.6. The number of pyridine rings is 1. The Morgan fingerprint density at radius 3 is 3.03 bits per heavy atom. The molecule has 4 heterocycles. The Morgan fingerprint density at radius 2 is 2.18 bits per heavy atom. The number of morpholine rings is 1. The number of thioether (sulfide) groups is 1. The highest BCUT2D eigenvalue weighted by atomic mass is 32.2. The normalized spacial score (nSPS) is 19.5. The molecule has 0 aliphatic carbocycles. The van der Waals surface area contributed by atoms with Crippen LogP contribution in [-0.4, -0.2) is 65.4 Å². The highest BCUT2D eigenvalue weighted by molar-refractivity contribution is 8.18. The fourth-order valence-corrected chi connectivity index (χ4v) is 4.61. The first-order valence-electron chi connectivity index (χ1n) is 10.9. The summed E-state index contributed by atoms with van der Waals surface area (Å²) in [6.45, 7) is 7.00. The second-order valence-corrected chi connectivity index (χ2v) is 8.91. The highest BCUT2D eigenvalue weighted by Gasteiger charge is 2.24. The summed E-state index contributed by atoms with van der Waals surface area (Å²) >= 11 is 1.33. The van der Waals surface area contributed by atoms with Crippen molar-refractivity contribution in [2.45, 2.75) is 6.92 Å². The number of hydrogen-bond acceptors (Lipinski definition) is 7. The first kappa shape index (κ1) is 21.7. The molecule has 2 aliphatic heterocycles. The molecular weight excluding hydrogens is 438 g/mol. The third kappa shape index (κ3) is 5.11. The van der Waals surface area contributed by atoms with Crippen molar-refractivity contribution in [2.75, 3.05) is 39.5 Å². The van der Waals surface area contributed by atoms with Gasteiger partial charge in [-0.15, -0.1) is 0 Å². The summed E-state index contributed by atoms with van der Waals surface area (Å²) in [5.74, 6) is 0.666. The predicted molar refractivity (Wildman–Crippen MR) is 131 cm³/mol. The molecule has 0 radical (unpaired) electrons. The summed E-state index contributed by atoms with van der Waals surface area (Å²) in [6, 6.07) is 9.68. The van der Waals surface area contributed by atoms with Gasteiger partial charge in [-0.25, -0.2) is 9.98 Å². The van der Waals surface area contributed by atoms with Crippen molar-refractivity contribution in [1.29, 1.82) is 0 Å². The fraction of sp³-hybridized carbons (Fsp3) is 0.292. The summed E-state index contributed by atoms with van der Waals surface area (Å²) in [7, 11) is 0. The molecule has 2 fully saturated rings. The molecule has 9 heteroatoms. The van der Waals surface area contributed by atoms with E-state index in [9.17, 15) is 4.79 Å². The third-order valence-electron chi connectivity index (χ3n) is 5.59. The first-order chi connectivity index (χ1) is 16.2. The molecule has 5 rings (SSSR count). The molecule has 3 aromatic rings. The minimum absolute atomic E-state index is 0.155. The third-order valence-corrected chi connectivity index (χ3v) is 6.50. The number of fused-ring (bicyclic) bond motifs is 1. The average molecular weight is 464 g/mol. The van der Waals surface area contributed by atoms with E-state index in [2.05, 4.69) is 25.2 Å². The van der Waals surface area contributed by atoms with Gasteiger partial charge in [0.1, 0.15) is 18.0 Å². The van der Waals surface area contributed by atoms with Crippen LogP contribution in [0.4, 0.5) is 5.69 Å². The second kappa shape index (κ2) is 9.78. The number of aliphatic imine (C=N–C) groups is 1. The molecule has 2 aliphatic rings. The van der Waals surface area contributed by atoms with Gasteiger partial charge in [-0.1, -0.05) is 0 Å². The lowest BCUT2D eigenvalue weighted by atomic mass is 10.2. The van der Waals surface area contributed by atoms with Gasteiger partial charge in [-0.2, -0.15) is 0 Å². The zero-order valence-electron chi connectivity index (χ0n) is 18.3. The van der Waals surface area contributed by atoms with Crippen molar-refractivity contribution in [2.24, 2.45) is 4.99 Å².